The number of para-hydroxylation sites is 2. The molecule has 3 N–H and O–H groups in total. The fraction of sp³-hybridized carbons (Fsp3) is 0.200. The lowest BCUT2D eigenvalue weighted by Gasteiger charge is -2.17. The van der Waals surface area contributed by atoms with Crippen LogP contribution >= 0.6 is 35.6 Å². The van der Waals surface area contributed by atoms with E-state index in [0.29, 0.717) is 22.3 Å². The van der Waals surface area contributed by atoms with Crippen molar-refractivity contribution in [3.63, 3.8) is 0 Å². The van der Waals surface area contributed by atoms with Gasteiger partial charge >= 0.3 is 0 Å². The van der Waals surface area contributed by atoms with Crippen LogP contribution in [0.3, 0.4) is 0 Å². The summed E-state index contributed by atoms with van der Waals surface area (Å²) in [5.41, 5.74) is 3.31. The predicted molar refractivity (Wildman–Crippen MR) is 144 cm³/mol. The van der Waals surface area contributed by atoms with Crippen molar-refractivity contribution in [1.82, 2.24) is 0 Å². The number of aryl methyl sites for hydroxylation is 1. The molecule has 172 valence electrons. The molecule has 0 radical (unpaired) electrons. The third-order valence-corrected chi connectivity index (χ3v) is 6.64. The highest BCUT2D eigenvalue weighted by Gasteiger charge is 2.19. The Morgan fingerprint density at radius 2 is 1.82 bits per heavy atom. The molecule has 0 spiro atoms. The highest BCUT2D eigenvalue weighted by molar-refractivity contribution is 8.00. The first kappa shape index (κ1) is 24.9. The number of methoxy groups -OCH3 is 1. The molecule has 8 heteroatoms. The first-order valence-electron chi connectivity index (χ1n) is 10.4. The van der Waals surface area contributed by atoms with E-state index < -0.39 is 0 Å². The van der Waals surface area contributed by atoms with Crippen LogP contribution in [-0.4, -0.2) is 23.4 Å². The third kappa shape index (κ3) is 7.12. The number of carbonyl (C=O) groups is 1. The van der Waals surface area contributed by atoms with Crippen molar-refractivity contribution in [2.75, 3.05) is 23.1 Å². The number of benzene rings is 3. The second-order valence-electron chi connectivity index (χ2n) is 7.27. The van der Waals surface area contributed by atoms with E-state index >= 15 is 0 Å². The number of hydrogen-bond donors (Lipinski definition) is 3. The summed E-state index contributed by atoms with van der Waals surface area (Å²) in [6.45, 7) is 3.94. The maximum absolute atomic E-state index is 12.9. The molecule has 33 heavy (non-hydrogen) atoms. The van der Waals surface area contributed by atoms with E-state index in [1.165, 1.54) is 11.8 Å². The van der Waals surface area contributed by atoms with Crippen LogP contribution in [0.25, 0.3) is 0 Å². The second kappa shape index (κ2) is 11.9. The fourth-order valence-electron chi connectivity index (χ4n) is 3.11. The number of rotatable bonds is 8. The Morgan fingerprint density at radius 1 is 1.03 bits per heavy atom. The third-order valence-electron chi connectivity index (χ3n) is 4.85. The van der Waals surface area contributed by atoms with Crippen LogP contribution < -0.4 is 20.7 Å². The SMILES string of the molecule is CCC(Sc1cccc(NC(=S)Nc2ccccc2OC)c1)C(=O)Nc1cc(Cl)ccc1C. The van der Waals surface area contributed by atoms with E-state index in [-0.39, 0.29) is 11.2 Å². The monoisotopic (exact) mass is 499 g/mol. The molecule has 3 aromatic carbocycles. The number of ether oxygens (including phenoxy) is 1. The van der Waals surface area contributed by atoms with Gasteiger partial charge in [0.1, 0.15) is 5.75 Å². The number of hydrogen-bond acceptors (Lipinski definition) is 4. The van der Waals surface area contributed by atoms with Crippen molar-refractivity contribution in [1.29, 1.82) is 0 Å². The van der Waals surface area contributed by atoms with Gasteiger partial charge in [0.15, 0.2) is 5.11 Å². The van der Waals surface area contributed by atoms with Crippen LogP contribution in [0, 0.1) is 6.92 Å². The van der Waals surface area contributed by atoms with Gasteiger partial charge in [-0.3, -0.25) is 4.79 Å². The van der Waals surface area contributed by atoms with E-state index in [1.54, 1.807) is 13.2 Å². The van der Waals surface area contributed by atoms with Crippen LogP contribution in [0.2, 0.25) is 5.02 Å². The van der Waals surface area contributed by atoms with Crippen molar-refractivity contribution in [2.24, 2.45) is 0 Å². The van der Waals surface area contributed by atoms with Crippen molar-refractivity contribution in [3.05, 3.63) is 77.3 Å². The number of anilines is 3. The van der Waals surface area contributed by atoms with Gasteiger partial charge in [-0.25, -0.2) is 0 Å². The van der Waals surface area contributed by atoms with Gasteiger partial charge in [-0.15, -0.1) is 11.8 Å². The van der Waals surface area contributed by atoms with E-state index in [9.17, 15) is 4.79 Å². The fourth-order valence-corrected chi connectivity index (χ4v) is 4.52. The Hall–Kier alpha value is -2.74. The van der Waals surface area contributed by atoms with E-state index in [0.717, 1.165) is 27.5 Å². The topological polar surface area (TPSA) is 62.4 Å². The summed E-state index contributed by atoms with van der Waals surface area (Å²) in [6.07, 6.45) is 0.682. The van der Waals surface area contributed by atoms with Gasteiger partial charge in [-0.2, -0.15) is 0 Å². The molecule has 1 atom stereocenters. The first-order valence-corrected chi connectivity index (χ1v) is 12.1. The average molecular weight is 500 g/mol. The van der Waals surface area contributed by atoms with Crippen LogP contribution in [-0.2, 0) is 4.79 Å². The zero-order valence-electron chi connectivity index (χ0n) is 18.6. The molecule has 3 rings (SSSR count). The number of thiocarbonyl (C=S) groups is 1. The molecule has 0 saturated heterocycles. The number of thioether (sulfide) groups is 1. The lowest BCUT2D eigenvalue weighted by molar-refractivity contribution is -0.115. The minimum atomic E-state index is -0.253. The quantitative estimate of drug-likeness (QED) is 0.229. The molecular formula is C25H26ClN3O2S2. The minimum Gasteiger partial charge on any atom is -0.495 e. The van der Waals surface area contributed by atoms with Gasteiger partial charge in [0.05, 0.1) is 18.0 Å². The molecule has 3 aromatic rings. The summed E-state index contributed by atoms with van der Waals surface area (Å²) < 4.78 is 5.35. The Morgan fingerprint density at radius 3 is 2.58 bits per heavy atom. The van der Waals surface area contributed by atoms with E-state index in [4.69, 9.17) is 28.6 Å². The van der Waals surface area contributed by atoms with Gasteiger partial charge in [0.25, 0.3) is 0 Å². The highest BCUT2D eigenvalue weighted by Crippen LogP contribution is 2.30. The zero-order chi connectivity index (χ0) is 23.8. The normalized spacial score (nSPS) is 11.4. The average Bonchev–Trinajstić information content (AvgIpc) is 2.80. The van der Waals surface area contributed by atoms with Crippen LogP contribution in [0.15, 0.2) is 71.6 Å². The summed E-state index contributed by atoms with van der Waals surface area (Å²) in [4.78, 5) is 13.9. The number of amides is 1. The maximum atomic E-state index is 12.9. The Kier molecular flexibility index (Phi) is 9.00. The van der Waals surface area contributed by atoms with Crippen molar-refractivity contribution in [3.8, 4) is 5.75 Å². The molecule has 0 heterocycles. The molecule has 0 saturated carbocycles. The lowest BCUT2D eigenvalue weighted by atomic mass is 10.2. The first-order chi connectivity index (χ1) is 15.9. The molecule has 1 amide bonds. The Balaban J connectivity index is 1.64. The summed E-state index contributed by atoms with van der Waals surface area (Å²) in [7, 11) is 1.62. The number of nitrogens with one attached hydrogen (secondary N) is 3. The highest BCUT2D eigenvalue weighted by atomic mass is 35.5. The Labute approximate surface area is 209 Å². The molecule has 0 bridgehead atoms. The number of carbonyl (C=O) groups excluding carboxylic acids is 1. The molecular weight excluding hydrogens is 474 g/mol. The zero-order valence-corrected chi connectivity index (χ0v) is 21.0. The molecule has 0 aliphatic heterocycles. The smallest absolute Gasteiger partial charge is 0.237 e. The van der Waals surface area contributed by atoms with Gasteiger partial charge in [-0.1, -0.05) is 42.8 Å². The molecule has 0 fully saturated rings. The lowest BCUT2D eigenvalue weighted by Crippen LogP contribution is -2.25. The van der Waals surface area contributed by atoms with E-state index in [2.05, 4.69) is 16.0 Å². The van der Waals surface area contributed by atoms with Crippen molar-refractivity contribution in [2.45, 2.75) is 30.4 Å². The summed E-state index contributed by atoms with van der Waals surface area (Å²) in [6, 6.07) is 20.8. The molecule has 5 nitrogen and oxygen atoms in total. The van der Waals surface area contributed by atoms with Crippen molar-refractivity contribution < 1.29 is 9.53 Å². The van der Waals surface area contributed by atoms with Gasteiger partial charge in [-0.05, 0) is 73.6 Å². The molecule has 0 aliphatic carbocycles. The minimum absolute atomic E-state index is 0.0559. The molecule has 0 aliphatic rings. The molecule has 1 unspecified atom stereocenters. The van der Waals surface area contributed by atoms with Crippen LogP contribution in [0.4, 0.5) is 17.1 Å². The van der Waals surface area contributed by atoms with E-state index in [1.807, 2.05) is 74.5 Å². The van der Waals surface area contributed by atoms with Crippen LogP contribution in [0.5, 0.6) is 5.75 Å². The van der Waals surface area contributed by atoms with Crippen LogP contribution in [0.1, 0.15) is 18.9 Å². The maximum Gasteiger partial charge on any atom is 0.237 e. The number of halogens is 1. The largest absolute Gasteiger partial charge is 0.495 e. The Bertz CT molecular complexity index is 1140. The predicted octanol–water partition coefficient (Wildman–Crippen LogP) is 6.98. The second-order valence-corrected chi connectivity index (χ2v) is 9.39. The summed E-state index contributed by atoms with van der Waals surface area (Å²) in [5, 5.41) is 10.1. The molecule has 0 aromatic heterocycles. The standard InChI is InChI=1S/C25H26ClN3O2S2/c1-4-23(24(30)28-21-14-17(26)13-12-16(21)2)33-19-9-7-8-18(15-19)27-25(32)29-20-10-5-6-11-22(20)31-3/h5-15,23H,4H2,1-3H3,(H,28,30)(H2,27,29,32). The summed E-state index contributed by atoms with van der Waals surface area (Å²) in [5.74, 6) is 0.650. The van der Waals surface area contributed by atoms with Gasteiger partial charge in [0.2, 0.25) is 5.91 Å². The van der Waals surface area contributed by atoms with Gasteiger partial charge < -0.3 is 20.7 Å². The van der Waals surface area contributed by atoms with Crippen molar-refractivity contribution >= 4 is 63.7 Å². The van der Waals surface area contributed by atoms with Gasteiger partial charge in [0, 0.05) is 21.3 Å². The summed E-state index contributed by atoms with van der Waals surface area (Å²) >= 11 is 13.1.